The molecular formula is C19H22N2O3. The number of carbonyl (C=O) groups is 2. The molecule has 0 aliphatic heterocycles. The van der Waals surface area contributed by atoms with Gasteiger partial charge < -0.3 is 10.1 Å². The summed E-state index contributed by atoms with van der Waals surface area (Å²) in [6.45, 7) is 7.24. The van der Waals surface area contributed by atoms with Crippen molar-refractivity contribution in [2.24, 2.45) is 0 Å². The summed E-state index contributed by atoms with van der Waals surface area (Å²) in [5.74, 6) is -0.242. The maximum Gasteiger partial charge on any atom is 0.412 e. The van der Waals surface area contributed by atoms with Crippen LogP contribution in [-0.2, 0) is 4.74 Å². The molecule has 0 aromatic heterocycles. The molecule has 0 saturated heterocycles. The van der Waals surface area contributed by atoms with Crippen molar-refractivity contribution >= 4 is 23.4 Å². The van der Waals surface area contributed by atoms with Gasteiger partial charge in [-0.05, 0) is 57.5 Å². The van der Waals surface area contributed by atoms with Gasteiger partial charge in [-0.15, -0.1) is 0 Å². The number of benzene rings is 2. The predicted molar refractivity (Wildman–Crippen MR) is 95.4 cm³/mol. The van der Waals surface area contributed by atoms with E-state index < -0.39 is 11.7 Å². The molecule has 0 aliphatic rings. The summed E-state index contributed by atoms with van der Waals surface area (Å²) in [7, 11) is 0. The molecule has 24 heavy (non-hydrogen) atoms. The molecule has 0 bridgehead atoms. The van der Waals surface area contributed by atoms with Crippen molar-refractivity contribution in [2.75, 3.05) is 10.6 Å². The van der Waals surface area contributed by atoms with Crippen LogP contribution in [0.4, 0.5) is 16.2 Å². The Balaban J connectivity index is 2.13. The van der Waals surface area contributed by atoms with Gasteiger partial charge in [-0.2, -0.15) is 0 Å². The number of rotatable bonds is 3. The number of carbonyl (C=O) groups excluding carboxylic acids is 2. The molecule has 5 nitrogen and oxygen atoms in total. The highest BCUT2D eigenvalue weighted by molar-refractivity contribution is 6.05. The molecule has 0 aliphatic carbocycles. The quantitative estimate of drug-likeness (QED) is 0.866. The summed E-state index contributed by atoms with van der Waals surface area (Å²) in [5.41, 5.74) is 1.97. The lowest BCUT2D eigenvalue weighted by Gasteiger charge is -2.20. The Kier molecular flexibility index (Phi) is 5.24. The zero-order valence-corrected chi connectivity index (χ0v) is 14.3. The molecule has 0 spiro atoms. The van der Waals surface area contributed by atoms with Crippen molar-refractivity contribution in [2.45, 2.75) is 33.3 Å². The van der Waals surface area contributed by atoms with Crippen LogP contribution in [0, 0.1) is 6.92 Å². The average molecular weight is 326 g/mol. The molecule has 5 heteroatoms. The van der Waals surface area contributed by atoms with E-state index in [1.54, 1.807) is 39.0 Å². The van der Waals surface area contributed by atoms with E-state index >= 15 is 0 Å². The fourth-order valence-electron chi connectivity index (χ4n) is 2.04. The Hall–Kier alpha value is -2.82. The molecule has 2 rings (SSSR count). The van der Waals surface area contributed by atoms with Gasteiger partial charge in [0.05, 0.1) is 0 Å². The van der Waals surface area contributed by atoms with Crippen LogP contribution in [0.5, 0.6) is 0 Å². The Morgan fingerprint density at radius 2 is 1.62 bits per heavy atom. The zero-order chi connectivity index (χ0) is 17.7. The molecule has 0 saturated carbocycles. The highest BCUT2D eigenvalue weighted by Gasteiger charge is 2.17. The lowest BCUT2D eigenvalue weighted by molar-refractivity contribution is 0.0635. The summed E-state index contributed by atoms with van der Waals surface area (Å²) in [5, 5.41) is 5.50. The van der Waals surface area contributed by atoms with Crippen LogP contribution in [-0.4, -0.2) is 17.6 Å². The first-order chi connectivity index (χ1) is 11.2. The van der Waals surface area contributed by atoms with E-state index in [4.69, 9.17) is 4.74 Å². The van der Waals surface area contributed by atoms with Crippen molar-refractivity contribution in [3.8, 4) is 0 Å². The van der Waals surface area contributed by atoms with Crippen LogP contribution in [0.1, 0.15) is 36.7 Å². The van der Waals surface area contributed by atoms with Crippen molar-refractivity contribution in [3.05, 3.63) is 59.7 Å². The third-order valence-corrected chi connectivity index (χ3v) is 3.17. The van der Waals surface area contributed by atoms with Crippen molar-refractivity contribution in [1.82, 2.24) is 0 Å². The first-order valence-electron chi connectivity index (χ1n) is 7.72. The number of anilines is 2. The Bertz CT molecular complexity index is 734. The molecule has 2 N–H and O–H groups in total. The second-order valence-corrected chi connectivity index (χ2v) is 6.48. The third kappa shape index (κ3) is 5.12. The van der Waals surface area contributed by atoms with Gasteiger partial charge in [-0.25, -0.2) is 4.79 Å². The fraction of sp³-hybridized carbons (Fsp3) is 0.263. The van der Waals surface area contributed by atoms with Crippen LogP contribution in [0.2, 0.25) is 0 Å². The zero-order valence-electron chi connectivity index (χ0n) is 14.3. The van der Waals surface area contributed by atoms with Crippen LogP contribution in [0.15, 0.2) is 48.5 Å². The molecule has 126 valence electrons. The normalized spacial score (nSPS) is 10.8. The lowest BCUT2D eigenvalue weighted by atomic mass is 10.1. The fourth-order valence-corrected chi connectivity index (χ4v) is 2.04. The molecule has 0 fully saturated rings. The predicted octanol–water partition coefficient (Wildman–Crippen LogP) is 4.59. The molecule has 2 aromatic rings. The minimum Gasteiger partial charge on any atom is -0.444 e. The van der Waals surface area contributed by atoms with E-state index in [0.717, 1.165) is 5.56 Å². The Labute approximate surface area is 142 Å². The standard InChI is InChI=1S/C19H22N2O3/c1-13-10-11-14(17(22)20-15-8-6-5-7-9-15)12-16(13)21-18(23)24-19(2,3)4/h5-12H,1-4H3,(H,20,22)(H,21,23). The highest BCUT2D eigenvalue weighted by atomic mass is 16.6. The minimum absolute atomic E-state index is 0.242. The number of hydrogen-bond acceptors (Lipinski definition) is 3. The van der Waals surface area contributed by atoms with Gasteiger partial charge in [-0.3, -0.25) is 10.1 Å². The van der Waals surface area contributed by atoms with Crippen LogP contribution < -0.4 is 10.6 Å². The van der Waals surface area contributed by atoms with Gasteiger partial charge in [0.15, 0.2) is 0 Å². The number of nitrogens with one attached hydrogen (secondary N) is 2. The molecule has 0 radical (unpaired) electrons. The van der Waals surface area contributed by atoms with Gasteiger partial charge >= 0.3 is 6.09 Å². The van der Waals surface area contributed by atoms with Crippen molar-refractivity contribution in [3.63, 3.8) is 0 Å². The van der Waals surface area contributed by atoms with Crippen LogP contribution in [0.3, 0.4) is 0 Å². The van der Waals surface area contributed by atoms with E-state index in [2.05, 4.69) is 10.6 Å². The molecule has 0 unspecified atom stereocenters. The first kappa shape index (κ1) is 17.5. The Morgan fingerprint density at radius 3 is 2.25 bits per heavy atom. The summed E-state index contributed by atoms with van der Waals surface area (Å²) >= 11 is 0. The third-order valence-electron chi connectivity index (χ3n) is 3.17. The van der Waals surface area contributed by atoms with E-state index in [1.165, 1.54) is 0 Å². The van der Waals surface area contributed by atoms with Gasteiger partial charge in [0.25, 0.3) is 5.91 Å². The maximum absolute atomic E-state index is 12.3. The number of amides is 2. The van der Waals surface area contributed by atoms with Gasteiger partial charge in [0, 0.05) is 16.9 Å². The molecule has 0 heterocycles. The van der Waals surface area contributed by atoms with Gasteiger partial charge in [-0.1, -0.05) is 24.3 Å². The highest BCUT2D eigenvalue weighted by Crippen LogP contribution is 2.19. The topological polar surface area (TPSA) is 67.4 Å². The number of aryl methyl sites for hydroxylation is 1. The second-order valence-electron chi connectivity index (χ2n) is 6.48. The molecule has 0 atom stereocenters. The largest absolute Gasteiger partial charge is 0.444 e. The smallest absolute Gasteiger partial charge is 0.412 e. The van der Waals surface area contributed by atoms with Crippen molar-refractivity contribution in [1.29, 1.82) is 0 Å². The van der Waals surface area contributed by atoms with E-state index in [-0.39, 0.29) is 5.91 Å². The van der Waals surface area contributed by atoms with E-state index in [1.807, 2.05) is 37.3 Å². The molecule has 2 amide bonds. The van der Waals surface area contributed by atoms with Crippen LogP contribution >= 0.6 is 0 Å². The minimum atomic E-state index is -0.583. The van der Waals surface area contributed by atoms with Gasteiger partial charge in [0.1, 0.15) is 5.60 Å². The second kappa shape index (κ2) is 7.17. The first-order valence-corrected chi connectivity index (χ1v) is 7.72. The monoisotopic (exact) mass is 326 g/mol. The summed E-state index contributed by atoms with van der Waals surface area (Å²) in [4.78, 5) is 24.3. The number of para-hydroxylation sites is 1. The lowest BCUT2D eigenvalue weighted by Crippen LogP contribution is -2.27. The summed E-state index contributed by atoms with van der Waals surface area (Å²) < 4.78 is 5.24. The number of ether oxygens (including phenoxy) is 1. The van der Waals surface area contributed by atoms with Gasteiger partial charge in [0.2, 0.25) is 0 Å². The summed E-state index contributed by atoms with van der Waals surface area (Å²) in [6, 6.07) is 14.3. The Morgan fingerprint density at radius 1 is 0.958 bits per heavy atom. The van der Waals surface area contributed by atoms with E-state index in [9.17, 15) is 9.59 Å². The van der Waals surface area contributed by atoms with Crippen molar-refractivity contribution < 1.29 is 14.3 Å². The SMILES string of the molecule is Cc1ccc(C(=O)Nc2ccccc2)cc1NC(=O)OC(C)(C)C. The average Bonchev–Trinajstić information content (AvgIpc) is 2.48. The maximum atomic E-state index is 12.3. The van der Waals surface area contributed by atoms with Crippen LogP contribution in [0.25, 0.3) is 0 Å². The number of hydrogen-bond donors (Lipinski definition) is 2. The summed E-state index contributed by atoms with van der Waals surface area (Å²) in [6.07, 6.45) is -0.550. The molecular weight excluding hydrogens is 304 g/mol. The molecule has 2 aromatic carbocycles. The van der Waals surface area contributed by atoms with E-state index in [0.29, 0.717) is 16.9 Å².